The second-order valence-corrected chi connectivity index (χ2v) is 8.18. The van der Waals surface area contributed by atoms with Gasteiger partial charge in [-0.15, -0.1) is 0 Å². The van der Waals surface area contributed by atoms with Crippen LogP contribution in [0.15, 0.2) is 18.2 Å². The molecule has 0 aliphatic carbocycles. The lowest BCUT2D eigenvalue weighted by Gasteiger charge is -2.25. The molecule has 1 aromatic rings. The van der Waals surface area contributed by atoms with E-state index in [1.165, 1.54) is 10.4 Å². The van der Waals surface area contributed by atoms with Gasteiger partial charge in [0, 0.05) is 6.54 Å². The third-order valence-electron chi connectivity index (χ3n) is 3.13. The molecule has 1 aliphatic rings. The van der Waals surface area contributed by atoms with E-state index in [4.69, 9.17) is 5.11 Å². The minimum atomic E-state index is -3.38. The summed E-state index contributed by atoms with van der Waals surface area (Å²) in [5, 5.41) is 8.96. The van der Waals surface area contributed by atoms with E-state index in [2.05, 4.69) is 0 Å². The van der Waals surface area contributed by atoms with Gasteiger partial charge in [-0.3, -0.25) is 4.31 Å². The summed E-state index contributed by atoms with van der Waals surface area (Å²) in [5.74, 6) is -0.927. The first-order valence-electron chi connectivity index (χ1n) is 6.47. The van der Waals surface area contributed by atoms with Crippen LogP contribution in [-0.2, 0) is 16.4 Å². The van der Waals surface area contributed by atoms with Gasteiger partial charge < -0.3 is 5.11 Å². The minimum Gasteiger partial charge on any atom is -0.478 e. The van der Waals surface area contributed by atoms with Crippen molar-refractivity contribution in [2.45, 2.75) is 27.2 Å². The van der Waals surface area contributed by atoms with Gasteiger partial charge in [0.1, 0.15) is 0 Å². The molecule has 0 aromatic heterocycles. The zero-order valence-electron chi connectivity index (χ0n) is 11.9. The number of sulfonamides is 1. The third-order valence-corrected chi connectivity index (χ3v) is 5.41. The van der Waals surface area contributed by atoms with Gasteiger partial charge in [-0.1, -0.05) is 20.8 Å². The Bertz CT molecular complexity index is 644. The first-order chi connectivity index (χ1) is 9.10. The maximum atomic E-state index is 12.4. The molecule has 0 fully saturated rings. The van der Waals surface area contributed by atoms with Crippen LogP contribution in [0.1, 0.15) is 36.7 Å². The number of anilines is 1. The van der Waals surface area contributed by atoms with Crippen molar-refractivity contribution in [3.63, 3.8) is 0 Å². The van der Waals surface area contributed by atoms with Crippen molar-refractivity contribution >= 4 is 21.7 Å². The topological polar surface area (TPSA) is 74.7 Å². The summed E-state index contributed by atoms with van der Waals surface area (Å²) in [6.45, 7) is 6.04. The number of carbonyl (C=O) groups is 1. The monoisotopic (exact) mass is 297 g/mol. The molecule has 1 aromatic carbocycles. The highest BCUT2D eigenvalue weighted by Gasteiger charge is 2.32. The number of rotatable bonds is 3. The predicted octanol–water partition coefficient (Wildman–Crippen LogP) is 2.12. The molecule has 0 amide bonds. The molecular formula is C14H19NO4S. The van der Waals surface area contributed by atoms with E-state index in [9.17, 15) is 13.2 Å². The minimum absolute atomic E-state index is 0.0696. The van der Waals surface area contributed by atoms with Crippen LogP contribution in [0.4, 0.5) is 5.69 Å². The van der Waals surface area contributed by atoms with Crippen LogP contribution in [0.3, 0.4) is 0 Å². The van der Waals surface area contributed by atoms with E-state index in [0.717, 1.165) is 5.56 Å². The second-order valence-electron chi connectivity index (χ2n) is 6.29. The van der Waals surface area contributed by atoms with Crippen molar-refractivity contribution in [2.24, 2.45) is 5.41 Å². The van der Waals surface area contributed by atoms with Crippen molar-refractivity contribution in [3.8, 4) is 0 Å². The molecule has 0 spiro atoms. The fraction of sp³-hybridized carbons (Fsp3) is 0.500. The number of hydrogen-bond donors (Lipinski definition) is 1. The Morgan fingerprint density at radius 2 is 2.00 bits per heavy atom. The molecule has 0 atom stereocenters. The molecular weight excluding hydrogens is 278 g/mol. The Hall–Kier alpha value is -1.56. The van der Waals surface area contributed by atoms with Gasteiger partial charge in [-0.05, 0) is 35.6 Å². The van der Waals surface area contributed by atoms with Crippen LogP contribution in [0.25, 0.3) is 0 Å². The Morgan fingerprint density at radius 1 is 1.35 bits per heavy atom. The largest absolute Gasteiger partial charge is 0.478 e. The Labute approximate surface area is 119 Å². The summed E-state index contributed by atoms with van der Waals surface area (Å²) in [6.07, 6.45) is 0.555. The average Bonchev–Trinajstić information content (AvgIpc) is 2.68. The lowest BCUT2D eigenvalue weighted by atomic mass is 10.0. The van der Waals surface area contributed by atoms with Crippen molar-refractivity contribution < 1.29 is 18.3 Å². The molecule has 6 heteroatoms. The van der Waals surface area contributed by atoms with Crippen LogP contribution in [0.2, 0.25) is 0 Å². The van der Waals surface area contributed by atoms with Crippen molar-refractivity contribution in [1.82, 2.24) is 0 Å². The number of fused-ring (bicyclic) bond motifs is 1. The van der Waals surface area contributed by atoms with Crippen LogP contribution in [0, 0.1) is 5.41 Å². The van der Waals surface area contributed by atoms with Crippen LogP contribution in [0.5, 0.6) is 0 Å². The molecule has 1 heterocycles. The van der Waals surface area contributed by atoms with Gasteiger partial charge in [0.2, 0.25) is 10.0 Å². The van der Waals surface area contributed by atoms with Gasteiger partial charge in [0.15, 0.2) is 0 Å². The molecule has 0 saturated carbocycles. The van der Waals surface area contributed by atoms with E-state index in [1.54, 1.807) is 12.1 Å². The number of aromatic carboxylic acids is 1. The van der Waals surface area contributed by atoms with Gasteiger partial charge in [-0.25, -0.2) is 13.2 Å². The van der Waals surface area contributed by atoms with Crippen LogP contribution >= 0.6 is 0 Å². The van der Waals surface area contributed by atoms with Crippen molar-refractivity contribution in [3.05, 3.63) is 29.3 Å². The van der Waals surface area contributed by atoms with Crippen LogP contribution < -0.4 is 4.31 Å². The van der Waals surface area contributed by atoms with Gasteiger partial charge >= 0.3 is 5.97 Å². The zero-order chi connectivity index (χ0) is 15.1. The highest BCUT2D eigenvalue weighted by Crippen LogP contribution is 2.33. The zero-order valence-corrected chi connectivity index (χ0v) is 12.7. The molecule has 1 N–H and O–H groups in total. The molecule has 110 valence electrons. The highest BCUT2D eigenvalue weighted by atomic mass is 32.2. The number of nitrogens with zero attached hydrogens (tertiary/aromatic N) is 1. The number of hydrogen-bond acceptors (Lipinski definition) is 3. The standard InChI is InChI=1S/C14H19NO4S/c1-14(2,3)9-20(18,19)15-7-6-10-8-11(13(16)17)4-5-12(10)15/h4-5,8H,6-7,9H2,1-3H3,(H,16,17). The van der Waals surface area contributed by atoms with E-state index >= 15 is 0 Å². The molecule has 0 bridgehead atoms. The molecule has 1 aliphatic heterocycles. The van der Waals surface area contributed by atoms with E-state index in [0.29, 0.717) is 18.7 Å². The molecule has 2 rings (SSSR count). The van der Waals surface area contributed by atoms with Crippen molar-refractivity contribution in [2.75, 3.05) is 16.6 Å². The fourth-order valence-electron chi connectivity index (χ4n) is 2.42. The van der Waals surface area contributed by atoms with Gasteiger partial charge in [-0.2, -0.15) is 0 Å². The van der Waals surface area contributed by atoms with Gasteiger partial charge in [0.25, 0.3) is 0 Å². The summed E-state index contributed by atoms with van der Waals surface area (Å²) >= 11 is 0. The van der Waals surface area contributed by atoms with Crippen molar-refractivity contribution in [1.29, 1.82) is 0 Å². The first kappa shape index (κ1) is 14.8. The normalized spacial score (nSPS) is 15.2. The highest BCUT2D eigenvalue weighted by molar-refractivity contribution is 7.92. The fourth-order valence-corrected chi connectivity index (χ4v) is 4.52. The summed E-state index contributed by atoms with van der Waals surface area (Å²) in [5.41, 5.74) is 1.27. The molecule has 5 nitrogen and oxygen atoms in total. The summed E-state index contributed by atoms with van der Waals surface area (Å²) in [7, 11) is -3.38. The van der Waals surface area contributed by atoms with E-state index in [1.807, 2.05) is 20.8 Å². The Balaban J connectivity index is 2.35. The lowest BCUT2D eigenvalue weighted by molar-refractivity contribution is 0.0697. The average molecular weight is 297 g/mol. The SMILES string of the molecule is CC(C)(C)CS(=O)(=O)N1CCc2cc(C(=O)O)ccc21. The lowest BCUT2D eigenvalue weighted by Crippen LogP contribution is -2.35. The molecule has 0 unspecified atom stereocenters. The predicted molar refractivity (Wildman–Crippen MR) is 77.7 cm³/mol. The third kappa shape index (κ3) is 2.95. The van der Waals surface area contributed by atoms with E-state index < -0.39 is 16.0 Å². The van der Waals surface area contributed by atoms with Gasteiger partial charge in [0.05, 0.1) is 17.0 Å². The number of carboxylic acid groups (broad SMARTS) is 1. The molecule has 0 saturated heterocycles. The quantitative estimate of drug-likeness (QED) is 0.927. The van der Waals surface area contributed by atoms with Crippen LogP contribution in [-0.4, -0.2) is 31.8 Å². The second kappa shape index (κ2) is 4.77. The smallest absolute Gasteiger partial charge is 0.335 e. The Morgan fingerprint density at radius 3 is 2.55 bits per heavy atom. The first-order valence-corrected chi connectivity index (χ1v) is 8.08. The summed E-state index contributed by atoms with van der Waals surface area (Å²) in [4.78, 5) is 10.9. The Kier molecular flexibility index (Phi) is 3.54. The number of carboxylic acids is 1. The number of benzene rings is 1. The van der Waals surface area contributed by atoms with E-state index in [-0.39, 0.29) is 16.7 Å². The molecule has 0 radical (unpaired) electrons. The maximum absolute atomic E-state index is 12.4. The maximum Gasteiger partial charge on any atom is 0.335 e. The summed E-state index contributed by atoms with van der Waals surface area (Å²) < 4.78 is 26.3. The summed E-state index contributed by atoms with van der Waals surface area (Å²) in [6, 6.07) is 4.60. The molecule has 20 heavy (non-hydrogen) atoms.